The van der Waals surface area contributed by atoms with Gasteiger partial charge in [0.1, 0.15) is 0 Å². The van der Waals surface area contributed by atoms with Gasteiger partial charge in [0.15, 0.2) is 0 Å². The van der Waals surface area contributed by atoms with Gasteiger partial charge in [0, 0.05) is 31.0 Å². The molecule has 0 spiro atoms. The average Bonchev–Trinajstić information content (AvgIpc) is 3.35. The van der Waals surface area contributed by atoms with Gasteiger partial charge in [-0.1, -0.05) is 29.8 Å². The van der Waals surface area contributed by atoms with E-state index >= 15 is 0 Å². The van der Waals surface area contributed by atoms with Crippen LogP contribution in [-0.2, 0) is 16.6 Å². The lowest BCUT2D eigenvalue weighted by Gasteiger charge is -2.24. The first-order valence-electron chi connectivity index (χ1n) is 7.53. The van der Waals surface area contributed by atoms with E-state index in [1.165, 1.54) is 5.56 Å². The molecule has 1 heterocycles. The summed E-state index contributed by atoms with van der Waals surface area (Å²) in [6.45, 7) is 0.703. The van der Waals surface area contributed by atoms with Crippen molar-refractivity contribution in [1.82, 2.24) is 9.88 Å². The lowest BCUT2D eigenvalue weighted by molar-refractivity contribution is -0.132. The van der Waals surface area contributed by atoms with E-state index in [9.17, 15) is 4.79 Å². The zero-order valence-corrected chi connectivity index (χ0v) is 13.4. The van der Waals surface area contributed by atoms with E-state index in [-0.39, 0.29) is 5.91 Å². The number of amides is 1. The van der Waals surface area contributed by atoms with Crippen molar-refractivity contribution in [2.45, 2.75) is 24.7 Å². The molecule has 1 aliphatic rings. The van der Waals surface area contributed by atoms with Gasteiger partial charge < -0.3 is 4.90 Å². The van der Waals surface area contributed by atoms with Crippen LogP contribution >= 0.6 is 11.6 Å². The van der Waals surface area contributed by atoms with Crippen LogP contribution in [0.1, 0.15) is 24.0 Å². The third-order valence-corrected chi connectivity index (χ3v) is 4.71. The molecular weight excluding hydrogens is 296 g/mol. The quantitative estimate of drug-likeness (QED) is 0.846. The summed E-state index contributed by atoms with van der Waals surface area (Å²) in [4.78, 5) is 18.7. The van der Waals surface area contributed by atoms with Crippen molar-refractivity contribution in [2.24, 2.45) is 0 Å². The molecule has 1 saturated carbocycles. The standard InChI is InChI=1S/C18H19ClN2O/c1-21(13-8-14-6-11-20-12-7-14)17(22)18(9-10-18)15-4-2-3-5-16(15)19/h2-7,11-12H,8-10,13H2,1H3. The normalized spacial score (nSPS) is 15.4. The summed E-state index contributed by atoms with van der Waals surface area (Å²) < 4.78 is 0. The van der Waals surface area contributed by atoms with Crippen LogP contribution in [0.25, 0.3) is 0 Å². The van der Waals surface area contributed by atoms with Crippen LogP contribution in [-0.4, -0.2) is 29.4 Å². The van der Waals surface area contributed by atoms with Crippen molar-refractivity contribution >= 4 is 17.5 Å². The van der Waals surface area contributed by atoms with Crippen LogP contribution in [0.5, 0.6) is 0 Å². The number of benzene rings is 1. The molecule has 0 atom stereocenters. The molecule has 1 aliphatic carbocycles. The molecule has 22 heavy (non-hydrogen) atoms. The molecule has 0 bridgehead atoms. The Labute approximate surface area is 135 Å². The molecule has 0 saturated heterocycles. The minimum absolute atomic E-state index is 0.176. The Morgan fingerprint density at radius 2 is 1.91 bits per heavy atom. The third kappa shape index (κ3) is 2.86. The van der Waals surface area contributed by atoms with Gasteiger partial charge in [-0.2, -0.15) is 0 Å². The lowest BCUT2D eigenvalue weighted by Crippen LogP contribution is -2.37. The Morgan fingerprint density at radius 3 is 2.55 bits per heavy atom. The molecular formula is C18H19ClN2O. The molecule has 0 N–H and O–H groups in total. The van der Waals surface area contributed by atoms with Crippen molar-refractivity contribution in [2.75, 3.05) is 13.6 Å². The van der Waals surface area contributed by atoms with Gasteiger partial charge in [0.25, 0.3) is 0 Å². The summed E-state index contributed by atoms with van der Waals surface area (Å²) in [5.41, 5.74) is 1.76. The van der Waals surface area contributed by atoms with Crippen molar-refractivity contribution < 1.29 is 4.79 Å². The Bertz CT molecular complexity index is 668. The number of pyridine rings is 1. The first-order valence-corrected chi connectivity index (χ1v) is 7.91. The second-order valence-electron chi connectivity index (χ2n) is 5.89. The minimum atomic E-state index is -0.397. The predicted octanol–water partition coefficient (Wildman–Crippen LogP) is 3.47. The fraction of sp³-hybridized carbons (Fsp3) is 0.333. The number of aromatic nitrogens is 1. The molecule has 1 amide bonds. The first-order chi connectivity index (χ1) is 10.6. The summed E-state index contributed by atoms with van der Waals surface area (Å²) in [6, 6.07) is 11.7. The first kappa shape index (κ1) is 15.0. The molecule has 0 radical (unpaired) electrons. The summed E-state index contributed by atoms with van der Waals surface area (Å²) in [6.07, 6.45) is 6.17. The zero-order valence-electron chi connectivity index (χ0n) is 12.6. The van der Waals surface area contributed by atoms with Crippen molar-refractivity contribution in [1.29, 1.82) is 0 Å². The van der Waals surface area contributed by atoms with Gasteiger partial charge in [-0.05, 0) is 48.6 Å². The topological polar surface area (TPSA) is 33.2 Å². The molecule has 3 rings (SSSR count). The highest BCUT2D eigenvalue weighted by Gasteiger charge is 2.53. The highest BCUT2D eigenvalue weighted by Crippen LogP contribution is 2.51. The van der Waals surface area contributed by atoms with E-state index in [0.717, 1.165) is 24.8 Å². The van der Waals surface area contributed by atoms with E-state index in [0.29, 0.717) is 11.6 Å². The number of hydrogen-bond donors (Lipinski definition) is 0. The van der Waals surface area contributed by atoms with Crippen LogP contribution in [0, 0.1) is 0 Å². The Hall–Kier alpha value is -1.87. The molecule has 114 valence electrons. The molecule has 1 fully saturated rings. The highest BCUT2D eigenvalue weighted by atomic mass is 35.5. The van der Waals surface area contributed by atoms with Crippen molar-refractivity contribution in [3.63, 3.8) is 0 Å². The van der Waals surface area contributed by atoms with E-state index in [1.54, 1.807) is 12.4 Å². The van der Waals surface area contributed by atoms with Crippen LogP contribution in [0.15, 0.2) is 48.8 Å². The van der Waals surface area contributed by atoms with Gasteiger partial charge in [0.2, 0.25) is 5.91 Å². The fourth-order valence-electron chi connectivity index (χ4n) is 2.89. The van der Waals surface area contributed by atoms with E-state index in [2.05, 4.69) is 4.98 Å². The van der Waals surface area contributed by atoms with Crippen molar-refractivity contribution in [3.05, 3.63) is 64.9 Å². The fourth-order valence-corrected chi connectivity index (χ4v) is 3.20. The Kier molecular flexibility index (Phi) is 4.16. The predicted molar refractivity (Wildman–Crippen MR) is 87.9 cm³/mol. The number of carbonyl (C=O) groups is 1. The van der Waals surface area contributed by atoms with E-state index in [1.807, 2.05) is 48.3 Å². The van der Waals surface area contributed by atoms with Crippen LogP contribution in [0.4, 0.5) is 0 Å². The third-order valence-electron chi connectivity index (χ3n) is 4.38. The van der Waals surface area contributed by atoms with Crippen LogP contribution < -0.4 is 0 Å². The SMILES string of the molecule is CN(CCc1ccncc1)C(=O)C1(c2ccccc2Cl)CC1. The molecule has 1 aromatic heterocycles. The molecule has 1 aromatic carbocycles. The number of nitrogens with zero attached hydrogens (tertiary/aromatic N) is 2. The molecule has 4 heteroatoms. The molecule has 0 unspecified atom stereocenters. The maximum absolute atomic E-state index is 12.9. The van der Waals surface area contributed by atoms with Crippen LogP contribution in [0.3, 0.4) is 0 Å². The maximum atomic E-state index is 12.9. The van der Waals surface area contributed by atoms with Gasteiger partial charge >= 0.3 is 0 Å². The van der Waals surface area contributed by atoms with Gasteiger partial charge in [-0.25, -0.2) is 0 Å². The summed E-state index contributed by atoms with van der Waals surface area (Å²) >= 11 is 6.29. The van der Waals surface area contributed by atoms with Crippen molar-refractivity contribution in [3.8, 4) is 0 Å². The highest BCUT2D eigenvalue weighted by molar-refractivity contribution is 6.31. The number of likely N-dealkylation sites (N-methyl/N-ethyl adjacent to an activating group) is 1. The molecule has 0 aliphatic heterocycles. The Morgan fingerprint density at radius 1 is 1.23 bits per heavy atom. The van der Waals surface area contributed by atoms with Gasteiger partial charge in [-0.15, -0.1) is 0 Å². The monoisotopic (exact) mass is 314 g/mol. The summed E-state index contributed by atoms with van der Waals surface area (Å²) in [5, 5.41) is 0.691. The smallest absolute Gasteiger partial charge is 0.233 e. The number of rotatable bonds is 5. The number of hydrogen-bond acceptors (Lipinski definition) is 2. The second-order valence-corrected chi connectivity index (χ2v) is 6.30. The largest absolute Gasteiger partial charge is 0.345 e. The lowest BCUT2D eigenvalue weighted by atomic mass is 9.94. The zero-order chi connectivity index (χ0) is 15.6. The average molecular weight is 315 g/mol. The Balaban J connectivity index is 1.69. The molecule has 2 aromatic rings. The van der Waals surface area contributed by atoms with Gasteiger partial charge in [0.05, 0.1) is 5.41 Å². The minimum Gasteiger partial charge on any atom is -0.345 e. The summed E-state index contributed by atoms with van der Waals surface area (Å²) in [5.74, 6) is 0.176. The molecule has 3 nitrogen and oxygen atoms in total. The van der Waals surface area contributed by atoms with Gasteiger partial charge in [-0.3, -0.25) is 9.78 Å². The van der Waals surface area contributed by atoms with E-state index < -0.39 is 5.41 Å². The number of halogens is 1. The van der Waals surface area contributed by atoms with E-state index in [4.69, 9.17) is 11.6 Å². The second kappa shape index (κ2) is 6.09. The number of carbonyl (C=O) groups excluding carboxylic acids is 1. The summed E-state index contributed by atoms with van der Waals surface area (Å²) in [7, 11) is 1.88. The maximum Gasteiger partial charge on any atom is 0.233 e. The van der Waals surface area contributed by atoms with Crippen LogP contribution in [0.2, 0.25) is 5.02 Å².